The Kier molecular flexibility index (Phi) is 5.14. The molecular weight excluding hydrogens is 264 g/mol. The minimum atomic E-state index is 1.00. The smallest absolute Gasteiger partial charge is 0.0104 e. The van der Waals surface area contributed by atoms with Gasteiger partial charge in [0.05, 0.1) is 0 Å². The van der Waals surface area contributed by atoms with E-state index in [1.54, 1.807) is 0 Å². The van der Waals surface area contributed by atoms with E-state index in [1.807, 2.05) is 11.3 Å². The lowest BCUT2D eigenvalue weighted by Crippen LogP contribution is -2.34. The molecule has 0 aliphatic heterocycles. The van der Waals surface area contributed by atoms with E-state index in [4.69, 9.17) is 0 Å². The third-order valence-corrected chi connectivity index (χ3v) is 6.17. The largest absolute Gasteiger partial charge is 0.315 e. The number of fused-ring (bicyclic) bond motifs is 2. The maximum atomic E-state index is 3.58. The Morgan fingerprint density at radius 3 is 2.95 bits per heavy atom. The first-order chi connectivity index (χ1) is 9.81. The molecule has 2 aliphatic rings. The van der Waals surface area contributed by atoms with Gasteiger partial charge >= 0.3 is 0 Å². The number of rotatable bonds is 8. The van der Waals surface area contributed by atoms with Crippen molar-refractivity contribution >= 4 is 11.3 Å². The van der Waals surface area contributed by atoms with Crippen LogP contribution in [-0.2, 0) is 6.42 Å². The summed E-state index contributed by atoms with van der Waals surface area (Å²) in [6, 6.07) is 4.37. The quantitative estimate of drug-likeness (QED) is 0.740. The van der Waals surface area contributed by atoms with E-state index in [2.05, 4.69) is 34.8 Å². The van der Waals surface area contributed by atoms with Gasteiger partial charge in [0.2, 0.25) is 0 Å². The van der Waals surface area contributed by atoms with Crippen molar-refractivity contribution in [3.63, 3.8) is 0 Å². The van der Waals surface area contributed by atoms with Gasteiger partial charge < -0.3 is 10.2 Å². The number of thiophene rings is 1. The second kappa shape index (κ2) is 7.06. The zero-order valence-electron chi connectivity index (χ0n) is 12.7. The third kappa shape index (κ3) is 3.84. The van der Waals surface area contributed by atoms with Crippen LogP contribution < -0.4 is 5.32 Å². The molecule has 1 N–H and O–H groups in total. The van der Waals surface area contributed by atoms with E-state index >= 15 is 0 Å². The van der Waals surface area contributed by atoms with Crippen molar-refractivity contribution in [1.82, 2.24) is 10.2 Å². The van der Waals surface area contributed by atoms with Crippen LogP contribution in [0, 0.1) is 17.8 Å². The molecule has 3 atom stereocenters. The SMILES string of the molecule is CN(CCNCCc1cccs1)CC1CC2CCC1C2. The summed E-state index contributed by atoms with van der Waals surface area (Å²) < 4.78 is 0. The standard InChI is InChI=1S/C17H28N2S/c1-19(13-16-12-14-4-5-15(16)11-14)9-8-18-7-6-17-3-2-10-20-17/h2-3,10,14-16,18H,4-9,11-13H2,1H3. The summed E-state index contributed by atoms with van der Waals surface area (Å²) in [6.45, 7) is 4.76. The maximum Gasteiger partial charge on any atom is 0.0104 e. The van der Waals surface area contributed by atoms with E-state index in [-0.39, 0.29) is 0 Å². The molecule has 0 amide bonds. The monoisotopic (exact) mass is 292 g/mol. The first kappa shape index (κ1) is 14.6. The molecule has 1 aromatic heterocycles. The van der Waals surface area contributed by atoms with Gasteiger partial charge in [-0.25, -0.2) is 0 Å². The Bertz CT molecular complexity index is 390. The fourth-order valence-corrected chi connectivity index (χ4v) is 4.86. The predicted molar refractivity (Wildman–Crippen MR) is 87.3 cm³/mol. The summed E-state index contributed by atoms with van der Waals surface area (Å²) in [4.78, 5) is 4.04. The van der Waals surface area contributed by atoms with Crippen molar-refractivity contribution in [2.75, 3.05) is 33.2 Å². The van der Waals surface area contributed by atoms with Gasteiger partial charge in [-0.1, -0.05) is 12.5 Å². The lowest BCUT2D eigenvalue weighted by molar-refractivity contribution is 0.220. The highest BCUT2D eigenvalue weighted by atomic mass is 32.1. The van der Waals surface area contributed by atoms with Crippen LogP contribution in [0.1, 0.15) is 30.6 Å². The summed E-state index contributed by atoms with van der Waals surface area (Å²) in [7, 11) is 2.30. The first-order valence-electron chi connectivity index (χ1n) is 8.23. The fraction of sp³-hybridized carbons (Fsp3) is 0.765. The Balaban J connectivity index is 1.25. The molecule has 2 bridgehead atoms. The van der Waals surface area contributed by atoms with Crippen LogP contribution in [0.5, 0.6) is 0 Å². The van der Waals surface area contributed by atoms with E-state index in [9.17, 15) is 0 Å². The summed E-state index contributed by atoms with van der Waals surface area (Å²) in [5, 5.41) is 5.74. The molecule has 0 aromatic carbocycles. The Hall–Kier alpha value is -0.380. The Morgan fingerprint density at radius 1 is 1.30 bits per heavy atom. The second-order valence-corrected chi connectivity index (χ2v) is 7.81. The zero-order valence-corrected chi connectivity index (χ0v) is 13.5. The van der Waals surface area contributed by atoms with Gasteiger partial charge in [0.25, 0.3) is 0 Å². The molecule has 20 heavy (non-hydrogen) atoms. The van der Waals surface area contributed by atoms with Crippen molar-refractivity contribution in [3.8, 4) is 0 Å². The van der Waals surface area contributed by atoms with Crippen LogP contribution in [0.4, 0.5) is 0 Å². The normalized spacial score (nSPS) is 28.6. The number of nitrogens with zero attached hydrogens (tertiary/aromatic N) is 1. The minimum Gasteiger partial charge on any atom is -0.315 e. The van der Waals surface area contributed by atoms with E-state index in [0.717, 1.165) is 30.8 Å². The maximum absolute atomic E-state index is 3.58. The first-order valence-corrected chi connectivity index (χ1v) is 9.11. The molecule has 2 nitrogen and oxygen atoms in total. The molecule has 1 aromatic rings. The molecule has 2 fully saturated rings. The summed E-state index contributed by atoms with van der Waals surface area (Å²) >= 11 is 1.86. The summed E-state index contributed by atoms with van der Waals surface area (Å²) in [5.74, 6) is 3.15. The van der Waals surface area contributed by atoms with Gasteiger partial charge in [-0.2, -0.15) is 0 Å². The molecule has 0 radical (unpaired) electrons. The number of nitrogens with one attached hydrogen (secondary N) is 1. The van der Waals surface area contributed by atoms with E-state index in [0.29, 0.717) is 0 Å². The van der Waals surface area contributed by atoms with Crippen LogP contribution >= 0.6 is 11.3 Å². The van der Waals surface area contributed by atoms with Gasteiger partial charge in [-0.3, -0.25) is 0 Å². The molecule has 3 unspecified atom stereocenters. The predicted octanol–water partition coefficient (Wildman–Crippen LogP) is 3.25. The Morgan fingerprint density at radius 2 is 2.25 bits per heavy atom. The van der Waals surface area contributed by atoms with Gasteiger partial charge in [0, 0.05) is 31.1 Å². The molecule has 3 rings (SSSR count). The lowest BCUT2D eigenvalue weighted by atomic mass is 9.88. The lowest BCUT2D eigenvalue weighted by Gasteiger charge is -2.27. The van der Waals surface area contributed by atoms with Crippen molar-refractivity contribution in [2.45, 2.75) is 32.1 Å². The summed E-state index contributed by atoms with van der Waals surface area (Å²) in [5.41, 5.74) is 0. The van der Waals surface area contributed by atoms with Crippen molar-refractivity contribution in [1.29, 1.82) is 0 Å². The molecule has 2 saturated carbocycles. The minimum absolute atomic E-state index is 1.00. The molecule has 0 spiro atoms. The Labute approximate surface area is 127 Å². The molecule has 2 aliphatic carbocycles. The summed E-state index contributed by atoms with van der Waals surface area (Å²) in [6.07, 6.45) is 7.27. The van der Waals surface area contributed by atoms with Gasteiger partial charge in [0.1, 0.15) is 0 Å². The third-order valence-electron chi connectivity index (χ3n) is 5.23. The highest BCUT2D eigenvalue weighted by Crippen LogP contribution is 2.48. The second-order valence-electron chi connectivity index (χ2n) is 6.78. The molecule has 0 saturated heterocycles. The van der Waals surface area contributed by atoms with Gasteiger partial charge in [0.15, 0.2) is 0 Å². The number of likely N-dealkylation sites (N-methyl/N-ethyl adjacent to an activating group) is 1. The number of hydrogen-bond acceptors (Lipinski definition) is 3. The van der Waals surface area contributed by atoms with Crippen LogP contribution in [0.3, 0.4) is 0 Å². The molecule has 112 valence electrons. The van der Waals surface area contributed by atoms with Crippen LogP contribution in [0.15, 0.2) is 17.5 Å². The highest BCUT2D eigenvalue weighted by molar-refractivity contribution is 7.09. The van der Waals surface area contributed by atoms with Crippen molar-refractivity contribution in [2.24, 2.45) is 17.8 Å². The highest BCUT2D eigenvalue weighted by Gasteiger charge is 2.39. The van der Waals surface area contributed by atoms with Crippen molar-refractivity contribution in [3.05, 3.63) is 22.4 Å². The van der Waals surface area contributed by atoms with Crippen LogP contribution in [0.2, 0.25) is 0 Å². The average molecular weight is 292 g/mol. The van der Waals surface area contributed by atoms with Gasteiger partial charge in [-0.05, 0) is 61.9 Å². The molecular formula is C17H28N2S. The fourth-order valence-electron chi connectivity index (χ4n) is 4.15. The molecule has 3 heteroatoms. The molecule has 1 heterocycles. The van der Waals surface area contributed by atoms with E-state index < -0.39 is 0 Å². The van der Waals surface area contributed by atoms with Gasteiger partial charge in [-0.15, -0.1) is 11.3 Å². The van der Waals surface area contributed by atoms with Crippen LogP contribution in [-0.4, -0.2) is 38.1 Å². The zero-order chi connectivity index (χ0) is 13.8. The van der Waals surface area contributed by atoms with E-state index in [1.165, 1.54) is 50.1 Å². The topological polar surface area (TPSA) is 15.3 Å². The van der Waals surface area contributed by atoms with Crippen molar-refractivity contribution < 1.29 is 0 Å². The number of hydrogen-bond donors (Lipinski definition) is 1. The van der Waals surface area contributed by atoms with Crippen LogP contribution in [0.25, 0.3) is 0 Å². The average Bonchev–Trinajstić information content (AvgIpc) is 3.15.